The van der Waals surface area contributed by atoms with Crippen LogP contribution in [0.2, 0.25) is 5.02 Å². The molecule has 0 spiro atoms. The molecule has 2 aromatic heterocycles. The number of unbranched alkanes of at least 4 members (excludes halogenated alkanes) is 4. The number of amides is 2. The summed E-state index contributed by atoms with van der Waals surface area (Å²) in [6.45, 7) is 1.98. The molecule has 2 N–H and O–H groups in total. The summed E-state index contributed by atoms with van der Waals surface area (Å²) in [4.78, 5) is 30.5. The van der Waals surface area contributed by atoms with Gasteiger partial charge in [0.05, 0.1) is 22.0 Å². The highest BCUT2D eigenvalue weighted by Crippen LogP contribution is 2.41. The van der Waals surface area contributed by atoms with E-state index in [1.165, 1.54) is 16.9 Å². The van der Waals surface area contributed by atoms with E-state index in [1.54, 1.807) is 12.1 Å². The van der Waals surface area contributed by atoms with Gasteiger partial charge in [0, 0.05) is 23.3 Å². The predicted octanol–water partition coefficient (Wildman–Crippen LogP) is 8.17. The summed E-state index contributed by atoms with van der Waals surface area (Å²) >= 11 is 12.5. The Morgan fingerprint density at radius 3 is 2.50 bits per heavy atom. The second-order valence-corrected chi connectivity index (χ2v) is 10.3. The van der Waals surface area contributed by atoms with Gasteiger partial charge in [0.2, 0.25) is 0 Å². The number of benzene rings is 1. The summed E-state index contributed by atoms with van der Waals surface area (Å²) in [5.41, 5.74) is -1.57. The summed E-state index contributed by atoms with van der Waals surface area (Å²) in [6, 6.07) is 6.02. The molecule has 0 saturated carbocycles. The van der Waals surface area contributed by atoms with Gasteiger partial charge >= 0.3 is 12.3 Å². The third kappa shape index (κ3) is 7.26. The minimum Gasteiger partial charge on any atom is -0.465 e. The fraction of sp³-hybridized carbons (Fsp3) is 0.333. The Kier molecular flexibility index (Phi) is 10.2. The quantitative estimate of drug-likeness (QED) is 0.210. The standard InChI is InChI=1S/C24H23Br2ClF3N5O3/c1-2-3-4-5-6-10-34(23(37)38)17-12-14(24(28,29)30)11-15(25)20(17)32-22(36)18-13-19(26)33-35(18)21-16(27)8-7-9-31-21/h7-9,11-13H,2-6,10H2,1H3,(H,32,36)(H,37,38). The molecule has 0 aliphatic heterocycles. The molecule has 0 radical (unpaired) electrons. The van der Waals surface area contributed by atoms with Gasteiger partial charge in [-0.3, -0.25) is 9.69 Å². The van der Waals surface area contributed by atoms with Crippen LogP contribution in [0.5, 0.6) is 0 Å². The molecule has 8 nitrogen and oxygen atoms in total. The van der Waals surface area contributed by atoms with Crippen molar-refractivity contribution in [2.45, 2.75) is 45.2 Å². The average molecular weight is 682 g/mol. The van der Waals surface area contributed by atoms with E-state index in [2.05, 4.69) is 47.3 Å². The molecule has 1 aromatic carbocycles. The zero-order chi connectivity index (χ0) is 28.0. The topological polar surface area (TPSA) is 100 Å². The van der Waals surface area contributed by atoms with Crippen molar-refractivity contribution in [2.24, 2.45) is 0 Å². The first kappa shape index (κ1) is 29.9. The molecule has 3 rings (SSSR count). The molecule has 3 aromatic rings. The van der Waals surface area contributed by atoms with Crippen LogP contribution in [0.1, 0.15) is 55.1 Å². The normalized spacial score (nSPS) is 11.4. The molecule has 204 valence electrons. The van der Waals surface area contributed by atoms with E-state index in [9.17, 15) is 27.9 Å². The Balaban J connectivity index is 2.04. The fourth-order valence-electron chi connectivity index (χ4n) is 3.67. The molecule has 0 aliphatic carbocycles. The smallest absolute Gasteiger partial charge is 0.416 e. The lowest BCUT2D eigenvalue weighted by Gasteiger charge is -2.25. The fourth-order valence-corrected chi connectivity index (χ4v) is 4.80. The number of hydrogen-bond acceptors (Lipinski definition) is 4. The lowest BCUT2D eigenvalue weighted by molar-refractivity contribution is -0.137. The van der Waals surface area contributed by atoms with Gasteiger partial charge in [0.15, 0.2) is 5.82 Å². The molecule has 0 saturated heterocycles. The number of carboxylic acid groups (broad SMARTS) is 1. The van der Waals surface area contributed by atoms with Gasteiger partial charge in [-0.1, -0.05) is 44.2 Å². The van der Waals surface area contributed by atoms with Crippen LogP contribution >= 0.6 is 43.5 Å². The SMILES string of the molecule is CCCCCCCN(C(=O)O)c1cc(C(F)(F)F)cc(Br)c1NC(=O)c1cc(Br)nn1-c1ncccc1Cl. The van der Waals surface area contributed by atoms with Crippen molar-refractivity contribution >= 4 is 66.8 Å². The van der Waals surface area contributed by atoms with Crippen molar-refractivity contribution in [1.82, 2.24) is 14.8 Å². The molecule has 38 heavy (non-hydrogen) atoms. The minimum atomic E-state index is -4.75. The Morgan fingerprint density at radius 1 is 1.16 bits per heavy atom. The summed E-state index contributed by atoms with van der Waals surface area (Å²) in [5, 5.41) is 16.8. The van der Waals surface area contributed by atoms with Crippen LogP contribution in [-0.4, -0.2) is 38.4 Å². The molecule has 2 amide bonds. The van der Waals surface area contributed by atoms with E-state index < -0.39 is 23.7 Å². The number of halogens is 6. The van der Waals surface area contributed by atoms with Crippen LogP contribution in [0.4, 0.5) is 29.3 Å². The maximum Gasteiger partial charge on any atom is 0.416 e. The van der Waals surface area contributed by atoms with Crippen LogP contribution in [0, 0.1) is 0 Å². The first-order valence-corrected chi connectivity index (χ1v) is 13.5. The highest BCUT2D eigenvalue weighted by molar-refractivity contribution is 9.10. The number of nitrogens with one attached hydrogen (secondary N) is 1. The minimum absolute atomic E-state index is 0.0448. The number of hydrogen-bond donors (Lipinski definition) is 2. The van der Waals surface area contributed by atoms with E-state index in [0.29, 0.717) is 18.9 Å². The van der Waals surface area contributed by atoms with Crippen molar-refractivity contribution < 1.29 is 27.9 Å². The average Bonchev–Trinajstić information content (AvgIpc) is 3.23. The van der Waals surface area contributed by atoms with Crippen molar-refractivity contribution in [3.8, 4) is 5.82 Å². The van der Waals surface area contributed by atoms with Crippen LogP contribution in [0.3, 0.4) is 0 Å². The first-order valence-electron chi connectivity index (χ1n) is 11.5. The summed E-state index contributed by atoms with van der Waals surface area (Å²) < 4.78 is 42.2. The second kappa shape index (κ2) is 12.9. The molecule has 2 heterocycles. The van der Waals surface area contributed by atoms with Gasteiger partial charge in [-0.2, -0.15) is 18.3 Å². The van der Waals surface area contributed by atoms with E-state index in [4.69, 9.17) is 11.6 Å². The van der Waals surface area contributed by atoms with Crippen molar-refractivity contribution in [3.05, 3.63) is 61.9 Å². The zero-order valence-electron chi connectivity index (χ0n) is 20.0. The molecule has 14 heteroatoms. The number of rotatable bonds is 10. The van der Waals surface area contributed by atoms with E-state index in [0.717, 1.165) is 30.2 Å². The summed E-state index contributed by atoms with van der Waals surface area (Å²) in [7, 11) is 0. The number of alkyl halides is 3. The number of anilines is 2. The maximum atomic E-state index is 13.6. The van der Waals surface area contributed by atoms with Crippen molar-refractivity contribution in [3.63, 3.8) is 0 Å². The molecule has 0 bridgehead atoms. The highest BCUT2D eigenvalue weighted by atomic mass is 79.9. The third-order valence-corrected chi connectivity index (χ3v) is 6.80. The Hall–Kier alpha value is -2.64. The Morgan fingerprint density at radius 2 is 1.87 bits per heavy atom. The number of carbonyl (C=O) groups is 2. The molecule has 0 fully saturated rings. The number of carbonyl (C=O) groups excluding carboxylic acids is 1. The van der Waals surface area contributed by atoms with E-state index in [-0.39, 0.29) is 43.5 Å². The van der Waals surface area contributed by atoms with Gasteiger partial charge in [-0.25, -0.2) is 14.5 Å². The van der Waals surface area contributed by atoms with Crippen LogP contribution in [-0.2, 0) is 6.18 Å². The van der Waals surface area contributed by atoms with Crippen LogP contribution < -0.4 is 10.2 Å². The van der Waals surface area contributed by atoms with Gasteiger partial charge < -0.3 is 10.4 Å². The zero-order valence-corrected chi connectivity index (χ0v) is 24.0. The highest BCUT2D eigenvalue weighted by Gasteiger charge is 2.34. The molecule has 0 aliphatic rings. The number of nitrogens with zero attached hydrogens (tertiary/aromatic N) is 4. The molecular weight excluding hydrogens is 659 g/mol. The van der Waals surface area contributed by atoms with Gasteiger partial charge in [-0.05, 0) is 62.5 Å². The van der Waals surface area contributed by atoms with Gasteiger partial charge in [-0.15, -0.1) is 0 Å². The summed E-state index contributed by atoms with van der Waals surface area (Å²) in [5.74, 6) is -0.629. The number of pyridine rings is 1. The largest absolute Gasteiger partial charge is 0.465 e. The molecule has 0 atom stereocenters. The monoisotopic (exact) mass is 679 g/mol. The number of aromatic nitrogens is 3. The van der Waals surface area contributed by atoms with Gasteiger partial charge in [0.25, 0.3) is 5.91 Å². The van der Waals surface area contributed by atoms with Crippen molar-refractivity contribution in [2.75, 3.05) is 16.8 Å². The van der Waals surface area contributed by atoms with Crippen LogP contribution in [0.15, 0.2) is 45.6 Å². The van der Waals surface area contributed by atoms with Crippen molar-refractivity contribution in [1.29, 1.82) is 0 Å². The lowest BCUT2D eigenvalue weighted by Crippen LogP contribution is -2.32. The molecule has 0 unspecified atom stereocenters. The third-order valence-electron chi connectivity index (χ3n) is 5.49. The first-order chi connectivity index (χ1) is 17.9. The Labute approximate surface area is 238 Å². The Bertz CT molecular complexity index is 1320. The predicted molar refractivity (Wildman–Crippen MR) is 145 cm³/mol. The summed E-state index contributed by atoms with van der Waals surface area (Å²) in [6.07, 6.45) is -0.783. The second-order valence-electron chi connectivity index (χ2n) is 8.23. The van der Waals surface area contributed by atoms with Crippen LogP contribution in [0.25, 0.3) is 5.82 Å². The lowest BCUT2D eigenvalue weighted by atomic mass is 10.1. The maximum absolute atomic E-state index is 13.6. The van der Waals surface area contributed by atoms with E-state index >= 15 is 0 Å². The van der Waals surface area contributed by atoms with Gasteiger partial charge in [0.1, 0.15) is 10.3 Å². The molecular formula is C24H23Br2ClF3N5O3. The van der Waals surface area contributed by atoms with E-state index in [1.807, 2.05) is 6.92 Å².